The molecule has 2 amide bonds. The minimum Gasteiger partial charge on any atom is -0.448 e. The van der Waals surface area contributed by atoms with E-state index in [2.05, 4.69) is 0 Å². The molecule has 8 heteroatoms. The minimum atomic E-state index is -1.76. The number of nitrogens with zero attached hydrogens (tertiary/aromatic N) is 2. The first-order valence-electron chi connectivity index (χ1n) is 6.91. The summed E-state index contributed by atoms with van der Waals surface area (Å²) in [6.07, 6.45) is 4.16. The van der Waals surface area contributed by atoms with Gasteiger partial charge >= 0.3 is 12.2 Å². The van der Waals surface area contributed by atoms with Crippen molar-refractivity contribution in [2.75, 3.05) is 20.3 Å². The van der Waals surface area contributed by atoms with Crippen LogP contribution in [0, 0.1) is 0 Å². The lowest BCUT2D eigenvalue weighted by molar-refractivity contribution is -0.183. The van der Waals surface area contributed by atoms with Gasteiger partial charge < -0.3 is 14.2 Å². The fraction of sp³-hybridized carbons (Fsp3) is 0.500. The molecule has 2 bridgehead atoms. The number of ether oxygens (including phenoxy) is 3. The number of carbonyl (C=O) groups is 3. The number of rotatable bonds is 3. The summed E-state index contributed by atoms with van der Waals surface area (Å²) in [5.41, 5.74) is -1.76. The van der Waals surface area contributed by atoms with Gasteiger partial charge in [-0.25, -0.2) is 9.59 Å². The number of methoxy groups -OCH3 is 1. The third kappa shape index (κ3) is 2.35. The van der Waals surface area contributed by atoms with Crippen LogP contribution in [0.1, 0.15) is 13.8 Å². The molecule has 3 rings (SSSR count). The van der Waals surface area contributed by atoms with Gasteiger partial charge in [-0.1, -0.05) is 12.2 Å². The molecule has 0 aromatic heterocycles. The maximum absolute atomic E-state index is 12.4. The predicted octanol–water partition coefficient (Wildman–Crippen LogP) is 1.24. The van der Waals surface area contributed by atoms with Crippen molar-refractivity contribution >= 4 is 18.0 Å². The molecule has 2 atom stereocenters. The molecule has 0 N–H and O–H groups in total. The van der Waals surface area contributed by atoms with Crippen molar-refractivity contribution < 1.29 is 28.6 Å². The number of hydrazine groups is 1. The predicted molar refractivity (Wildman–Crippen MR) is 74.5 cm³/mol. The van der Waals surface area contributed by atoms with Crippen LogP contribution in [0.3, 0.4) is 0 Å². The van der Waals surface area contributed by atoms with E-state index in [1.807, 2.05) is 0 Å². The molecule has 0 saturated heterocycles. The maximum atomic E-state index is 12.4. The lowest BCUT2D eigenvalue weighted by Gasteiger charge is -2.46. The molecule has 0 aromatic carbocycles. The second-order valence-corrected chi connectivity index (χ2v) is 4.53. The second kappa shape index (κ2) is 6.18. The molecule has 120 valence electrons. The maximum Gasteiger partial charge on any atom is 0.432 e. The third-order valence-electron chi connectivity index (χ3n) is 3.34. The van der Waals surface area contributed by atoms with E-state index in [0.717, 1.165) is 10.0 Å². The van der Waals surface area contributed by atoms with Gasteiger partial charge in [-0.3, -0.25) is 4.79 Å². The van der Waals surface area contributed by atoms with E-state index in [1.54, 1.807) is 19.9 Å². The summed E-state index contributed by atoms with van der Waals surface area (Å²) in [5, 5.41) is 1.88. The SMILES string of the molecule is CCOC(=O)N1[C@H]2C=CC(=O)[C@](OC)(C=C2)N1C(=O)OCC. The van der Waals surface area contributed by atoms with Gasteiger partial charge in [0.15, 0.2) is 0 Å². The summed E-state index contributed by atoms with van der Waals surface area (Å²) in [4.78, 5) is 37.0. The van der Waals surface area contributed by atoms with E-state index in [4.69, 9.17) is 14.2 Å². The van der Waals surface area contributed by atoms with E-state index in [1.165, 1.54) is 25.3 Å². The van der Waals surface area contributed by atoms with Crippen molar-refractivity contribution in [3.05, 3.63) is 24.3 Å². The lowest BCUT2D eigenvalue weighted by Crippen LogP contribution is -2.67. The summed E-state index contributed by atoms with van der Waals surface area (Å²) in [6, 6.07) is -0.641. The minimum absolute atomic E-state index is 0.0851. The van der Waals surface area contributed by atoms with Crippen LogP contribution in [-0.4, -0.2) is 60.1 Å². The first kappa shape index (κ1) is 16.0. The van der Waals surface area contributed by atoms with E-state index < -0.39 is 29.7 Å². The molecular weight excluding hydrogens is 292 g/mol. The first-order chi connectivity index (χ1) is 10.5. The van der Waals surface area contributed by atoms with Gasteiger partial charge in [0, 0.05) is 7.11 Å². The fourth-order valence-corrected chi connectivity index (χ4v) is 2.37. The summed E-state index contributed by atoms with van der Waals surface area (Å²) >= 11 is 0. The smallest absolute Gasteiger partial charge is 0.432 e. The number of carbonyl (C=O) groups excluding carboxylic acids is 3. The van der Waals surface area contributed by atoms with Crippen LogP contribution in [0.15, 0.2) is 24.3 Å². The zero-order chi connectivity index (χ0) is 16.3. The monoisotopic (exact) mass is 310 g/mol. The molecule has 0 fully saturated rings. The van der Waals surface area contributed by atoms with Crippen LogP contribution < -0.4 is 0 Å². The van der Waals surface area contributed by atoms with Crippen LogP contribution in [0.2, 0.25) is 0 Å². The Morgan fingerprint density at radius 2 is 1.82 bits per heavy atom. The average molecular weight is 310 g/mol. The summed E-state index contributed by atoms with van der Waals surface area (Å²) in [7, 11) is 1.28. The van der Waals surface area contributed by atoms with Crippen molar-refractivity contribution in [2.45, 2.75) is 25.6 Å². The molecule has 2 heterocycles. The molecule has 8 nitrogen and oxygen atoms in total. The normalized spacial score (nSPS) is 26.1. The number of hydrogen-bond donors (Lipinski definition) is 0. The molecule has 0 saturated carbocycles. The molecule has 22 heavy (non-hydrogen) atoms. The number of fused-ring (bicyclic) bond motifs is 2. The van der Waals surface area contributed by atoms with Gasteiger partial charge in [0.05, 0.1) is 19.3 Å². The van der Waals surface area contributed by atoms with Crippen LogP contribution in [0.5, 0.6) is 0 Å². The molecule has 1 aliphatic carbocycles. The van der Waals surface area contributed by atoms with Crippen LogP contribution >= 0.6 is 0 Å². The standard InChI is InChI=1S/C14H18N2O6/c1-4-21-12(18)15-10-6-7-11(17)14(20-3,9-8-10)16(15)13(19)22-5-2/h6-10H,4-5H2,1-3H3/t10-,14+/m0/s1. The summed E-state index contributed by atoms with van der Waals surface area (Å²) in [5.74, 6) is -0.492. The summed E-state index contributed by atoms with van der Waals surface area (Å²) in [6.45, 7) is 3.48. The Labute approximate surface area is 127 Å². The summed E-state index contributed by atoms with van der Waals surface area (Å²) < 4.78 is 15.2. The number of amides is 2. The average Bonchev–Trinajstić information content (AvgIpc) is 2.74. The van der Waals surface area contributed by atoms with Crippen molar-refractivity contribution in [2.24, 2.45) is 0 Å². The van der Waals surface area contributed by atoms with Crippen LogP contribution in [-0.2, 0) is 19.0 Å². The van der Waals surface area contributed by atoms with E-state index >= 15 is 0 Å². The van der Waals surface area contributed by atoms with Crippen molar-refractivity contribution in [1.82, 2.24) is 10.0 Å². The topological polar surface area (TPSA) is 85.4 Å². The van der Waals surface area contributed by atoms with Crippen molar-refractivity contribution in [1.29, 1.82) is 0 Å². The van der Waals surface area contributed by atoms with Crippen LogP contribution in [0.25, 0.3) is 0 Å². The fourth-order valence-electron chi connectivity index (χ4n) is 2.37. The van der Waals surface area contributed by atoms with Crippen molar-refractivity contribution in [3.63, 3.8) is 0 Å². The number of hydrogen-bond acceptors (Lipinski definition) is 6. The van der Waals surface area contributed by atoms with Gasteiger partial charge in [0.25, 0.3) is 0 Å². The number of ketones is 1. The Morgan fingerprint density at radius 3 is 2.41 bits per heavy atom. The molecular formula is C14H18N2O6. The third-order valence-corrected chi connectivity index (χ3v) is 3.34. The van der Waals surface area contributed by atoms with E-state index in [9.17, 15) is 14.4 Å². The molecule has 0 aromatic rings. The van der Waals surface area contributed by atoms with Gasteiger partial charge in [-0.15, -0.1) is 0 Å². The Kier molecular flexibility index (Phi) is 4.51. The van der Waals surface area contributed by atoms with Gasteiger partial charge in [0.2, 0.25) is 11.5 Å². The van der Waals surface area contributed by atoms with Crippen molar-refractivity contribution in [3.8, 4) is 0 Å². The highest BCUT2D eigenvalue weighted by Gasteiger charge is 2.55. The Morgan fingerprint density at radius 1 is 1.18 bits per heavy atom. The zero-order valence-corrected chi connectivity index (χ0v) is 12.6. The molecule has 3 aliphatic rings. The Bertz CT molecular complexity index is 543. The van der Waals surface area contributed by atoms with Gasteiger partial charge in [-0.2, -0.15) is 10.0 Å². The van der Waals surface area contributed by atoms with Gasteiger partial charge in [0.1, 0.15) is 0 Å². The zero-order valence-electron chi connectivity index (χ0n) is 12.6. The highest BCUT2D eigenvalue weighted by Crippen LogP contribution is 2.33. The van der Waals surface area contributed by atoms with Gasteiger partial charge in [-0.05, 0) is 26.0 Å². The molecule has 0 spiro atoms. The first-order valence-corrected chi connectivity index (χ1v) is 6.91. The lowest BCUT2D eigenvalue weighted by atomic mass is 10.1. The molecule has 2 aliphatic heterocycles. The molecule has 0 radical (unpaired) electrons. The second-order valence-electron chi connectivity index (χ2n) is 4.53. The largest absolute Gasteiger partial charge is 0.448 e. The van der Waals surface area contributed by atoms with E-state index in [-0.39, 0.29) is 13.2 Å². The van der Waals surface area contributed by atoms with E-state index in [0.29, 0.717) is 0 Å². The quantitative estimate of drug-likeness (QED) is 0.729. The Hall–Kier alpha value is -2.35. The molecule has 0 unspecified atom stereocenters. The van der Waals surface area contributed by atoms with Crippen LogP contribution in [0.4, 0.5) is 9.59 Å². The Balaban J connectivity index is 2.54. The highest BCUT2D eigenvalue weighted by atomic mass is 16.6. The highest BCUT2D eigenvalue weighted by molar-refractivity contribution is 6.02.